The molecule has 0 bridgehead atoms. The Labute approximate surface area is 167 Å². The summed E-state index contributed by atoms with van der Waals surface area (Å²) in [5, 5.41) is 4.56. The number of aromatic nitrogens is 2. The van der Waals surface area contributed by atoms with Crippen LogP contribution in [0.25, 0.3) is 11.4 Å². The zero-order valence-corrected chi connectivity index (χ0v) is 16.9. The number of rotatable bonds is 5. The highest BCUT2D eigenvalue weighted by molar-refractivity contribution is 7.89. The molecule has 0 N–H and O–H groups in total. The van der Waals surface area contributed by atoms with Crippen LogP contribution in [0.4, 0.5) is 0 Å². The number of hydrogen-bond acceptors (Lipinski definition) is 6. The Morgan fingerprint density at radius 2 is 2.00 bits per heavy atom. The van der Waals surface area contributed by atoms with Crippen molar-refractivity contribution in [3.05, 3.63) is 58.9 Å². The van der Waals surface area contributed by atoms with Crippen LogP contribution in [-0.4, -0.2) is 43.1 Å². The Kier molecular flexibility index (Phi) is 4.86. The first-order chi connectivity index (χ1) is 13.4. The van der Waals surface area contributed by atoms with Crippen LogP contribution in [0.3, 0.4) is 0 Å². The molecule has 2 aromatic carbocycles. The minimum Gasteiger partial charge on any atom is -0.496 e. The number of nitrogens with zero attached hydrogens (tertiary/aromatic N) is 3. The number of sulfonamides is 1. The van der Waals surface area contributed by atoms with Crippen molar-refractivity contribution < 1.29 is 17.7 Å². The second-order valence-corrected chi connectivity index (χ2v) is 8.99. The van der Waals surface area contributed by atoms with Gasteiger partial charge in [-0.3, -0.25) is 0 Å². The molecule has 0 radical (unpaired) electrons. The second kappa shape index (κ2) is 7.20. The molecule has 0 atom stereocenters. The monoisotopic (exact) mass is 419 g/mol. The second-order valence-electron chi connectivity index (χ2n) is 6.62. The van der Waals surface area contributed by atoms with E-state index in [-0.39, 0.29) is 10.8 Å². The van der Waals surface area contributed by atoms with Gasteiger partial charge in [0.25, 0.3) is 0 Å². The Balaban J connectivity index is 1.48. The average molecular weight is 420 g/mol. The summed E-state index contributed by atoms with van der Waals surface area (Å²) in [6, 6.07) is 12.0. The Bertz CT molecular complexity index is 1120. The quantitative estimate of drug-likeness (QED) is 0.629. The van der Waals surface area contributed by atoms with Gasteiger partial charge in [0.05, 0.1) is 17.9 Å². The predicted molar refractivity (Wildman–Crippen MR) is 104 cm³/mol. The van der Waals surface area contributed by atoms with Crippen LogP contribution >= 0.6 is 11.6 Å². The average Bonchev–Trinajstić information content (AvgIpc) is 3.10. The fourth-order valence-corrected chi connectivity index (χ4v) is 4.90. The van der Waals surface area contributed by atoms with Crippen molar-refractivity contribution in [2.24, 2.45) is 0 Å². The first-order valence-corrected chi connectivity index (χ1v) is 10.4. The van der Waals surface area contributed by atoms with Crippen molar-refractivity contribution in [3.63, 3.8) is 0 Å². The lowest BCUT2D eigenvalue weighted by Crippen LogP contribution is -2.48. The van der Waals surface area contributed by atoms with E-state index in [1.54, 1.807) is 37.4 Å². The number of ether oxygens (including phenoxy) is 1. The van der Waals surface area contributed by atoms with E-state index in [9.17, 15) is 8.42 Å². The number of benzene rings is 2. The molecule has 7 nitrogen and oxygen atoms in total. The maximum atomic E-state index is 12.8. The molecule has 0 spiro atoms. The van der Waals surface area contributed by atoms with Crippen molar-refractivity contribution in [2.75, 3.05) is 20.2 Å². The minimum atomic E-state index is -3.57. The molecule has 0 saturated carbocycles. The third-order valence-corrected chi connectivity index (χ3v) is 6.79. The zero-order chi connectivity index (χ0) is 19.9. The molecule has 1 aliphatic heterocycles. The van der Waals surface area contributed by atoms with Gasteiger partial charge in [-0.05, 0) is 42.8 Å². The summed E-state index contributed by atoms with van der Waals surface area (Å²) in [5.41, 5.74) is 1.52. The number of halogens is 1. The molecule has 0 unspecified atom stereocenters. The van der Waals surface area contributed by atoms with Gasteiger partial charge in [0.15, 0.2) is 0 Å². The molecule has 28 heavy (non-hydrogen) atoms. The summed E-state index contributed by atoms with van der Waals surface area (Å²) in [7, 11) is -2.02. The molecular weight excluding hydrogens is 402 g/mol. The fraction of sp³-hybridized carbons (Fsp3) is 0.263. The van der Waals surface area contributed by atoms with Gasteiger partial charge in [0.1, 0.15) is 5.75 Å². The van der Waals surface area contributed by atoms with Gasteiger partial charge < -0.3 is 9.26 Å². The molecule has 146 valence electrons. The fourth-order valence-electron chi connectivity index (χ4n) is 3.10. The topological polar surface area (TPSA) is 85.5 Å². The summed E-state index contributed by atoms with van der Waals surface area (Å²) >= 11 is 5.99. The van der Waals surface area contributed by atoms with Gasteiger partial charge in [-0.2, -0.15) is 9.29 Å². The van der Waals surface area contributed by atoms with E-state index < -0.39 is 10.0 Å². The van der Waals surface area contributed by atoms with Crippen LogP contribution in [0.5, 0.6) is 5.75 Å². The molecule has 9 heteroatoms. The molecule has 0 amide bonds. The Hall–Kier alpha value is -2.42. The number of aryl methyl sites for hydroxylation is 1. The molecule has 4 rings (SSSR count). The first-order valence-electron chi connectivity index (χ1n) is 8.63. The predicted octanol–water partition coefficient (Wildman–Crippen LogP) is 3.50. The highest BCUT2D eigenvalue weighted by Crippen LogP contribution is 2.33. The zero-order valence-electron chi connectivity index (χ0n) is 15.3. The lowest BCUT2D eigenvalue weighted by Gasteiger charge is -2.35. The van der Waals surface area contributed by atoms with Gasteiger partial charge >= 0.3 is 0 Å². The van der Waals surface area contributed by atoms with Crippen LogP contribution in [0.15, 0.2) is 51.9 Å². The molecule has 3 aromatic rings. The van der Waals surface area contributed by atoms with Crippen LogP contribution < -0.4 is 4.74 Å². The maximum absolute atomic E-state index is 12.8. The van der Waals surface area contributed by atoms with Gasteiger partial charge in [0, 0.05) is 23.7 Å². The summed E-state index contributed by atoms with van der Waals surface area (Å²) < 4.78 is 37.6. The van der Waals surface area contributed by atoms with Crippen LogP contribution in [0.2, 0.25) is 5.02 Å². The third-order valence-electron chi connectivity index (χ3n) is 4.73. The maximum Gasteiger partial charge on any atom is 0.243 e. The van der Waals surface area contributed by atoms with E-state index in [4.69, 9.17) is 20.9 Å². The van der Waals surface area contributed by atoms with E-state index in [1.165, 1.54) is 4.31 Å². The van der Waals surface area contributed by atoms with E-state index >= 15 is 0 Å². The first kappa shape index (κ1) is 18.9. The van der Waals surface area contributed by atoms with Gasteiger partial charge in [-0.25, -0.2) is 8.42 Å². The summed E-state index contributed by atoms with van der Waals surface area (Å²) in [4.78, 5) is 4.64. The Morgan fingerprint density at radius 1 is 1.21 bits per heavy atom. The van der Waals surface area contributed by atoms with Crippen molar-refractivity contribution in [3.8, 4) is 17.1 Å². The normalized spacial score (nSPS) is 15.4. The summed E-state index contributed by atoms with van der Waals surface area (Å²) in [6.45, 7) is 2.40. The lowest BCUT2D eigenvalue weighted by molar-refractivity contribution is 0.217. The van der Waals surface area contributed by atoms with E-state index in [1.807, 2.05) is 19.1 Å². The van der Waals surface area contributed by atoms with Crippen LogP contribution in [0, 0.1) is 6.92 Å². The van der Waals surface area contributed by atoms with Crippen molar-refractivity contribution in [1.82, 2.24) is 14.4 Å². The molecule has 2 heterocycles. The van der Waals surface area contributed by atoms with Crippen molar-refractivity contribution >= 4 is 21.6 Å². The Morgan fingerprint density at radius 3 is 2.68 bits per heavy atom. The SMILES string of the molecule is COc1ccc(S(=O)(=O)N2CC(c3nc(-c4cccc(Cl)c4)no3)C2)cc1C. The lowest BCUT2D eigenvalue weighted by atomic mass is 10.0. The van der Waals surface area contributed by atoms with Crippen molar-refractivity contribution in [2.45, 2.75) is 17.7 Å². The molecule has 1 aliphatic rings. The highest BCUT2D eigenvalue weighted by atomic mass is 35.5. The van der Waals surface area contributed by atoms with Crippen LogP contribution in [-0.2, 0) is 10.0 Å². The number of hydrogen-bond donors (Lipinski definition) is 0. The molecule has 1 fully saturated rings. The van der Waals surface area contributed by atoms with Gasteiger partial charge in [0.2, 0.25) is 21.7 Å². The van der Waals surface area contributed by atoms with E-state index in [0.717, 1.165) is 11.1 Å². The van der Waals surface area contributed by atoms with Crippen LogP contribution in [0.1, 0.15) is 17.4 Å². The summed E-state index contributed by atoms with van der Waals surface area (Å²) in [6.07, 6.45) is 0. The third kappa shape index (κ3) is 3.39. The molecule has 0 aliphatic carbocycles. The number of methoxy groups -OCH3 is 1. The minimum absolute atomic E-state index is 0.130. The van der Waals surface area contributed by atoms with Gasteiger partial charge in [-0.1, -0.05) is 28.9 Å². The standard InChI is InChI=1S/C19H18ClN3O4S/c1-12-8-16(6-7-17(12)26-2)28(24,25)23-10-14(11-23)19-21-18(22-27-19)13-4-3-5-15(20)9-13/h3-9,14H,10-11H2,1-2H3. The molecule has 1 aromatic heterocycles. The molecular formula is C19H18ClN3O4S. The van der Waals surface area contributed by atoms with E-state index in [0.29, 0.717) is 35.6 Å². The highest BCUT2D eigenvalue weighted by Gasteiger charge is 2.40. The van der Waals surface area contributed by atoms with Crippen molar-refractivity contribution in [1.29, 1.82) is 0 Å². The summed E-state index contributed by atoms with van der Waals surface area (Å²) in [5.74, 6) is 1.38. The van der Waals surface area contributed by atoms with Gasteiger partial charge in [-0.15, -0.1) is 0 Å². The largest absolute Gasteiger partial charge is 0.496 e. The smallest absolute Gasteiger partial charge is 0.243 e. The van der Waals surface area contributed by atoms with E-state index in [2.05, 4.69) is 10.1 Å². The molecule has 1 saturated heterocycles.